The lowest BCUT2D eigenvalue weighted by Crippen LogP contribution is -2.30. The number of aromatic nitrogens is 8. The van der Waals surface area contributed by atoms with Crippen LogP contribution >= 0.6 is 12.4 Å². The fourth-order valence-electron chi connectivity index (χ4n) is 13.4. The summed E-state index contributed by atoms with van der Waals surface area (Å²) in [6.45, 7) is 1.80. The molecule has 5 aromatic heterocycles. The molecule has 710 valence electrons. The van der Waals surface area contributed by atoms with E-state index in [1.54, 1.807) is 72.8 Å². The maximum absolute atomic E-state index is 12.7. The third-order valence-corrected chi connectivity index (χ3v) is 21.5. The zero-order valence-electron chi connectivity index (χ0n) is 72.2. The molecule has 13 aromatic carbocycles. The number of carboxylic acid groups (broad SMARTS) is 3. The van der Waals surface area contributed by atoms with Gasteiger partial charge in [-0.25, -0.2) is 47.5 Å². The van der Waals surface area contributed by atoms with Gasteiger partial charge in [-0.05, 0) is 180 Å². The lowest BCUT2D eigenvalue weighted by molar-refractivity contribution is -0.139. The Bertz CT molecular complexity index is 7260. The average molecular weight is 1910 g/mol. The van der Waals surface area contributed by atoms with E-state index in [0.29, 0.717) is 84.7 Å². The highest BCUT2D eigenvalue weighted by Gasteiger charge is 2.22. The summed E-state index contributed by atoms with van der Waals surface area (Å²) in [5, 5.41) is 45.4. The van der Waals surface area contributed by atoms with Crippen LogP contribution in [0.2, 0.25) is 0 Å². The number of halogens is 1. The van der Waals surface area contributed by atoms with Crippen LogP contribution in [0.25, 0.3) is 55.0 Å². The number of methoxy groups -OCH3 is 1. The molecule has 0 radical (unpaired) electrons. The molecule has 28 nitrogen and oxygen atoms in total. The number of benzene rings is 13. The number of carbonyl (C=O) groups excluding carboxylic acids is 1. The molecule has 1 amide bonds. The van der Waals surface area contributed by atoms with Crippen molar-refractivity contribution in [1.82, 2.24) is 45.3 Å². The number of nitrogens with zero attached hydrogens (tertiary/aromatic N) is 7. The van der Waals surface area contributed by atoms with E-state index in [2.05, 4.69) is 51.3 Å². The lowest BCUT2D eigenvalue weighted by Gasteiger charge is -2.13. The number of aliphatic carboxylic acids is 1. The molecule has 0 spiro atoms. The Morgan fingerprint density at radius 1 is 0.331 bits per heavy atom. The predicted molar refractivity (Wildman–Crippen MR) is 535 cm³/mol. The van der Waals surface area contributed by atoms with E-state index in [-0.39, 0.29) is 89.3 Å². The molecule has 5 heterocycles. The number of hydrogen-bond acceptors (Lipinski definition) is 23. The number of fused-ring (bicyclic) bond motifs is 4. The predicted octanol–water partition coefficient (Wildman–Crippen LogP) is 22.7. The van der Waals surface area contributed by atoms with Gasteiger partial charge in [0.25, 0.3) is 15.9 Å². The van der Waals surface area contributed by atoms with Crippen LogP contribution in [0.15, 0.2) is 363 Å². The molecular formula is C109H102ClN9O19S. The summed E-state index contributed by atoms with van der Waals surface area (Å²) in [7, 11) is -2.56. The quantitative estimate of drug-likeness (QED) is 0.0250. The number of ether oxygens (including phenoxy) is 10. The van der Waals surface area contributed by atoms with Crippen molar-refractivity contribution < 1.29 is 90.3 Å². The molecule has 18 rings (SSSR count). The first kappa shape index (κ1) is 104. The summed E-state index contributed by atoms with van der Waals surface area (Å²) in [5.41, 5.74) is 11.6. The molecular weight excluding hydrogens is 1810 g/mol. The minimum absolute atomic E-state index is 0. The van der Waals surface area contributed by atoms with Crippen molar-refractivity contribution in [3.63, 3.8) is 0 Å². The number of carbonyl (C=O) groups is 4. The molecule has 139 heavy (non-hydrogen) atoms. The van der Waals surface area contributed by atoms with Crippen LogP contribution in [0.3, 0.4) is 0 Å². The van der Waals surface area contributed by atoms with Gasteiger partial charge in [0.1, 0.15) is 98.9 Å². The zero-order chi connectivity index (χ0) is 92.8. The van der Waals surface area contributed by atoms with Gasteiger partial charge in [-0.2, -0.15) is 5.21 Å². The molecule has 0 aliphatic heterocycles. The number of sulfonamides is 1. The number of aromatic carboxylic acids is 2. The van der Waals surface area contributed by atoms with E-state index >= 15 is 0 Å². The van der Waals surface area contributed by atoms with Gasteiger partial charge in [-0.15, -0.1) is 22.6 Å². The summed E-state index contributed by atoms with van der Waals surface area (Å²) in [6, 6.07) is 108. The fraction of sp³-hybridized carbons (Fsp3) is 0.128. The van der Waals surface area contributed by atoms with Crippen molar-refractivity contribution in [2.24, 2.45) is 0 Å². The Balaban J connectivity index is 0.000000190. The van der Waals surface area contributed by atoms with Crippen LogP contribution in [0.1, 0.15) is 106 Å². The second kappa shape index (κ2) is 51.2. The highest BCUT2D eigenvalue weighted by molar-refractivity contribution is 7.90. The standard InChI is InChI=1S/C31H26N2O6S.C26H21NO7.C24H19N5O2.C24H19NO4.4CH4.ClH/c1-37-30-19-24(31(34)33-40(35,36)27-11-3-2-4-12-27)15-17-29(30)39-20-22-8-7-10-26(18-22)38-21-25-16-14-23-9-5-6-13-28(23)32-25;28-25(29)16-34-24-12-18(26(30)31)8-9-19(24)14-32-21-5-3-6-22(13-21)33-15-20-11-10-17-4-1-2-7-23(17)27-20;1-2-10-23-18(6-1)11-12-20(25-23)16-31-22-9-4-8-21(14-22)30-15-17-5-3-7-19(13-17)24-26-28-29-27-24;26-24(27)19-10-8-17(9-11-19)15-28-21-5-3-6-22(14-21)29-16-20-13-12-18-4-1-2-7-23(18)25-20;;;;;/h2-19H,20-21H2,1H3,(H,33,34);1-13H,14-16H2,(H,28,29)(H,30,31);1-14H,15-16H2,(H,26,27,28,29);1-14H,15-16H2,(H,26,27);4*1H4;1H. The maximum atomic E-state index is 12.7. The summed E-state index contributed by atoms with van der Waals surface area (Å²) >= 11 is 0. The van der Waals surface area contributed by atoms with Gasteiger partial charge in [0, 0.05) is 56.4 Å². The molecule has 0 fully saturated rings. The van der Waals surface area contributed by atoms with Crippen LogP contribution in [0.5, 0.6) is 57.5 Å². The number of rotatable bonds is 34. The number of amides is 1. The number of pyridine rings is 4. The second-order valence-electron chi connectivity index (χ2n) is 29.7. The van der Waals surface area contributed by atoms with Crippen LogP contribution in [0, 0.1) is 0 Å². The first-order chi connectivity index (χ1) is 65.4. The molecule has 30 heteroatoms. The van der Waals surface area contributed by atoms with E-state index in [4.69, 9.17) is 57.6 Å². The monoisotopic (exact) mass is 1910 g/mol. The van der Waals surface area contributed by atoms with E-state index in [1.807, 2.05) is 237 Å². The number of tetrazole rings is 1. The third kappa shape index (κ3) is 30.1. The largest absolute Gasteiger partial charge is 0.493 e. The molecule has 0 bridgehead atoms. The van der Waals surface area contributed by atoms with Gasteiger partial charge < -0.3 is 62.7 Å². The Morgan fingerprint density at radius 2 is 0.712 bits per heavy atom. The van der Waals surface area contributed by atoms with Crippen LogP contribution in [-0.4, -0.2) is 102 Å². The molecule has 0 unspecified atom stereocenters. The SMILES string of the molecule is C.C.C.C.COc1cc(C(=O)NS(=O)(=O)c2ccccc2)ccc1OCc1cccc(OCc2ccc3ccccc3n2)c1.Cl.O=C(O)COc1cc(C(=O)O)ccc1COc1cccc(OCc2ccc3ccccc3n2)c1.O=C(O)c1ccc(COc2cccc(OCc3ccc4ccccc4n3)c2)cc1.c1cc(OCc2cccc(-c3nn[nH]n3)c2)cc(OCc2ccc3ccccc3n2)c1. The minimum atomic E-state index is -4.01. The Labute approximate surface area is 810 Å². The number of H-pyrrole nitrogens is 1. The van der Waals surface area contributed by atoms with Gasteiger partial charge in [0.05, 0.1) is 68.0 Å². The first-order valence-corrected chi connectivity index (χ1v) is 43.3. The third-order valence-electron chi connectivity index (χ3n) is 20.2. The van der Waals surface area contributed by atoms with Crippen molar-refractivity contribution in [2.45, 2.75) is 87.5 Å². The average Bonchev–Trinajstić information content (AvgIpc) is 1.24. The van der Waals surface area contributed by atoms with E-state index < -0.39 is 40.4 Å². The van der Waals surface area contributed by atoms with Gasteiger partial charge in [-0.1, -0.05) is 212 Å². The van der Waals surface area contributed by atoms with Gasteiger partial charge in [-0.3, -0.25) is 4.79 Å². The Hall–Kier alpha value is -17.3. The zero-order valence-corrected chi connectivity index (χ0v) is 73.9. The van der Waals surface area contributed by atoms with Gasteiger partial charge in [0.2, 0.25) is 5.82 Å². The Kier molecular flexibility index (Phi) is 38.3. The fourth-order valence-corrected chi connectivity index (χ4v) is 14.4. The number of hydrogen-bond donors (Lipinski definition) is 5. The normalized spacial score (nSPS) is 10.4. The maximum Gasteiger partial charge on any atom is 0.341 e. The molecule has 0 aliphatic rings. The van der Waals surface area contributed by atoms with E-state index in [0.717, 1.165) is 100 Å². The summed E-state index contributed by atoms with van der Waals surface area (Å²) in [4.78, 5) is 64.1. The lowest BCUT2D eigenvalue weighted by atomic mass is 10.1. The van der Waals surface area contributed by atoms with Gasteiger partial charge in [0.15, 0.2) is 18.1 Å². The summed E-state index contributed by atoms with van der Waals surface area (Å²) in [5.74, 6) is 1.98. The summed E-state index contributed by atoms with van der Waals surface area (Å²) < 4.78 is 84.9. The molecule has 0 aliphatic carbocycles. The molecule has 0 saturated heterocycles. The van der Waals surface area contributed by atoms with Crippen LogP contribution < -0.4 is 52.1 Å². The topological polar surface area (TPSA) is 373 Å². The molecule has 0 atom stereocenters. The van der Waals surface area contributed by atoms with Gasteiger partial charge >= 0.3 is 17.9 Å². The molecule has 18 aromatic rings. The first-order valence-electron chi connectivity index (χ1n) is 41.9. The van der Waals surface area contributed by atoms with E-state index in [9.17, 15) is 32.7 Å². The molecule has 0 saturated carbocycles. The molecule has 5 N–H and O–H groups in total. The van der Waals surface area contributed by atoms with Crippen LogP contribution in [0.4, 0.5) is 0 Å². The highest BCUT2D eigenvalue weighted by atomic mass is 35.5. The van der Waals surface area contributed by atoms with Crippen molar-refractivity contribution in [3.8, 4) is 68.9 Å². The van der Waals surface area contributed by atoms with Crippen molar-refractivity contribution >= 4 is 89.9 Å². The summed E-state index contributed by atoms with van der Waals surface area (Å²) in [6.07, 6.45) is 0. The van der Waals surface area contributed by atoms with Crippen molar-refractivity contribution in [3.05, 3.63) is 420 Å². The number of aromatic amines is 1. The van der Waals surface area contributed by atoms with Crippen molar-refractivity contribution in [1.29, 1.82) is 0 Å². The number of nitrogens with one attached hydrogen (secondary N) is 2. The number of carboxylic acids is 3. The van der Waals surface area contributed by atoms with E-state index in [1.165, 1.54) is 49.6 Å². The van der Waals surface area contributed by atoms with Crippen molar-refractivity contribution in [2.75, 3.05) is 13.7 Å². The van der Waals surface area contributed by atoms with Crippen LogP contribution in [-0.2, 0) is 67.7 Å². The second-order valence-corrected chi connectivity index (χ2v) is 31.4. The Morgan fingerprint density at radius 3 is 1.15 bits per heavy atom. The highest BCUT2D eigenvalue weighted by Crippen LogP contribution is 2.33. The smallest absolute Gasteiger partial charge is 0.341 e. The number of para-hydroxylation sites is 4. The minimum Gasteiger partial charge on any atom is -0.493 e.